The summed E-state index contributed by atoms with van der Waals surface area (Å²) < 4.78 is 19.9. The second-order valence-corrected chi connectivity index (χ2v) is 18.0. The van der Waals surface area contributed by atoms with Gasteiger partial charge in [0.2, 0.25) is 5.91 Å². The van der Waals surface area contributed by atoms with E-state index in [9.17, 15) is 29.4 Å². The number of aliphatic hydroxyl groups is 1. The Labute approximate surface area is 355 Å². The molecule has 4 aliphatic rings. The first-order valence-corrected chi connectivity index (χ1v) is 21.2. The quantitative estimate of drug-likeness (QED) is 0.196. The number of nitrogens with one attached hydrogen (secondary N) is 2. The van der Waals surface area contributed by atoms with Crippen molar-refractivity contribution in [1.82, 2.24) is 30.2 Å². The Kier molecular flexibility index (Phi) is 11.2. The lowest BCUT2D eigenvalue weighted by atomic mass is 9.67. The molecule has 61 heavy (non-hydrogen) atoms. The second kappa shape index (κ2) is 16.2. The number of phenolic OH excluding ortho intramolecular Hbond substituents is 1. The highest BCUT2D eigenvalue weighted by Crippen LogP contribution is 2.57. The fraction of sp³-hybridized carbons (Fsp3) is 0.500. The average molecular weight is 837 g/mol. The van der Waals surface area contributed by atoms with Gasteiger partial charge in [-0.1, -0.05) is 39.8 Å². The molecule has 5 atom stereocenters. The topological polar surface area (TPSA) is 185 Å². The van der Waals surface area contributed by atoms with E-state index in [2.05, 4.69) is 54.3 Å². The Balaban J connectivity index is 1.26. The number of aromatic hydroxyl groups is 1. The highest BCUT2D eigenvalue weighted by molar-refractivity contribution is 5.97. The smallest absolute Gasteiger partial charge is 0.324 e. The molecule has 2 aromatic carbocycles. The Morgan fingerprint density at radius 2 is 1.87 bits per heavy atom. The molecule has 324 valence electrons. The van der Waals surface area contributed by atoms with Gasteiger partial charge in [-0.2, -0.15) is 0 Å². The number of aryl methyl sites for hydroxylation is 1. The molecule has 2 aromatic heterocycles. The number of nitrogens with zero attached hydrogens (tertiary/aromatic N) is 4. The molecule has 1 unspecified atom stereocenters. The van der Waals surface area contributed by atoms with Crippen LogP contribution >= 0.6 is 0 Å². The highest BCUT2D eigenvalue weighted by atomic mass is 16.5. The molecule has 0 spiro atoms. The highest BCUT2D eigenvalue weighted by Gasteiger charge is 2.50. The minimum atomic E-state index is -1.73. The van der Waals surface area contributed by atoms with Crippen molar-refractivity contribution in [3.63, 3.8) is 0 Å². The van der Waals surface area contributed by atoms with Crippen LogP contribution in [0.2, 0.25) is 0 Å². The van der Waals surface area contributed by atoms with E-state index in [-0.39, 0.29) is 44.5 Å². The Hall–Kier alpha value is -5.35. The summed E-state index contributed by atoms with van der Waals surface area (Å²) in [6.07, 6.45) is 2.19. The number of hydrogen-bond donors (Lipinski definition) is 4. The Morgan fingerprint density at radius 3 is 2.56 bits per heavy atom. The number of benzene rings is 2. The molecule has 4 aromatic rings. The zero-order valence-electron chi connectivity index (χ0n) is 35.9. The number of ether oxygens (including phenoxy) is 3. The summed E-state index contributed by atoms with van der Waals surface area (Å²) in [5.41, 5.74) is 7.67. The number of esters is 1. The molecule has 2 saturated heterocycles. The Bertz CT molecular complexity index is 2390. The molecular weight excluding hydrogens is 781 g/mol. The number of aromatic nitrogens is 2. The predicted molar refractivity (Wildman–Crippen MR) is 226 cm³/mol. The molecule has 3 aliphatic heterocycles. The van der Waals surface area contributed by atoms with E-state index in [1.165, 1.54) is 17.0 Å². The number of rotatable bonds is 7. The van der Waals surface area contributed by atoms with E-state index in [4.69, 9.17) is 19.2 Å². The molecule has 0 saturated carbocycles. The zero-order chi connectivity index (χ0) is 43.5. The normalized spacial score (nSPS) is 23.7. The third kappa shape index (κ3) is 7.44. The molecule has 4 N–H and O–H groups in total. The first-order valence-electron chi connectivity index (χ1n) is 21.2. The van der Waals surface area contributed by atoms with Gasteiger partial charge in [0.05, 0.1) is 31.2 Å². The average Bonchev–Trinajstić information content (AvgIpc) is 3.56. The van der Waals surface area contributed by atoms with Crippen molar-refractivity contribution in [3.8, 4) is 28.1 Å². The molecule has 2 fully saturated rings. The summed E-state index contributed by atoms with van der Waals surface area (Å²) in [5, 5.41) is 27.3. The number of fused-ring (bicyclic) bond motifs is 8. The summed E-state index contributed by atoms with van der Waals surface area (Å²) >= 11 is 0. The second-order valence-electron chi connectivity index (χ2n) is 18.0. The lowest BCUT2D eigenvalue weighted by molar-refractivity contribution is -0.201. The van der Waals surface area contributed by atoms with Gasteiger partial charge in [-0.3, -0.25) is 29.2 Å². The van der Waals surface area contributed by atoms with Crippen molar-refractivity contribution in [2.45, 2.75) is 96.2 Å². The number of cyclic esters (lactones) is 1. The molecule has 5 heterocycles. The molecule has 0 radical (unpaired) electrons. The van der Waals surface area contributed by atoms with E-state index >= 15 is 0 Å². The maximum absolute atomic E-state index is 14.6. The van der Waals surface area contributed by atoms with Gasteiger partial charge >= 0.3 is 5.97 Å². The van der Waals surface area contributed by atoms with Crippen molar-refractivity contribution in [1.29, 1.82) is 0 Å². The predicted octanol–water partition coefficient (Wildman–Crippen LogP) is 4.23. The van der Waals surface area contributed by atoms with Crippen LogP contribution in [-0.2, 0) is 46.4 Å². The molecule has 6 bridgehead atoms. The molecule has 15 nitrogen and oxygen atoms in total. The monoisotopic (exact) mass is 836 g/mol. The first kappa shape index (κ1) is 42.3. The lowest BCUT2D eigenvalue weighted by Crippen LogP contribution is -2.65. The Morgan fingerprint density at radius 1 is 1.10 bits per heavy atom. The third-order valence-corrected chi connectivity index (χ3v) is 12.9. The number of phenols is 1. The van der Waals surface area contributed by atoms with Crippen LogP contribution in [-0.4, -0.2) is 118 Å². The minimum absolute atomic E-state index is 0.0219. The fourth-order valence-corrected chi connectivity index (χ4v) is 9.90. The molecular formula is C46H56N6O9. The molecule has 8 rings (SSSR count). The van der Waals surface area contributed by atoms with Crippen molar-refractivity contribution in [3.05, 3.63) is 71.5 Å². The van der Waals surface area contributed by atoms with Gasteiger partial charge in [-0.15, -0.1) is 0 Å². The number of methoxy groups -OCH3 is 1. The van der Waals surface area contributed by atoms with Gasteiger partial charge in [0, 0.05) is 67.7 Å². The number of amides is 3. The number of hydrogen-bond acceptors (Lipinski definition) is 11. The maximum atomic E-state index is 14.6. The van der Waals surface area contributed by atoms with Crippen LogP contribution in [0.15, 0.2) is 54.7 Å². The van der Waals surface area contributed by atoms with Gasteiger partial charge in [-0.25, -0.2) is 5.43 Å². The van der Waals surface area contributed by atoms with Crippen LogP contribution in [0, 0.1) is 11.3 Å². The largest absolute Gasteiger partial charge is 0.508 e. The van der Waals surface area contributed by atoms with Crippen molar-refractivity contribution >= 4 is 34.6 Å². The van der Waals surface area contributed by atoms with Gasteiger partial charge < -0.3 is 39.2 Å². The summed E-state index contributed by atoms with van der Waals surface area (Å²) in [6.45, 7) is 10.4. The van der Waals surface area contributed by atoms with E-state index in [0.29, 0.717) is 30.5 Å². The fourth-order valence-electron chi connectivity index (χ4n) is 9.90. The molecule has 3 amide bonds. The first-order chi connectivity index (χ1) is 29.1. The van der Waals surface area contributed by atoms with Crippen LogP contribution < -0.4 is 10.7 Å². The standard InChI is InChI=1S/C46H56N6O9/c1-8-51-34-14-13-27-21-31(34)35-36(40(59-7)37-30(39(35)51)11-9-15-47-37)45(4,5)22-61-43(56)32-12-10-16-52(49-32)42(55)33(19-26-17-28(27)20-29(53)18-26)48-41(54)38(25(2)3)50(6)44(57)46(58)23-60-24-46/h9,11,13-15,17-18,20-21,25,32-33,36,38,40,49,53,58H,8,10,12,16,19,22-24H2,1-7H3,(H,48,54)/t32-,33-,36?,38-,40-/m0/s1. The summed E-state index contributed by atoms with van der Waals surface area (Å²) in [4.78, 5) is 62.4. The van der Waals surface area contributed by atoms with Gasteiger partial charge in [0.1, 0.15) is 30.0 Å². The minimum Gasteiger partial charge on any atom is -0.508 e. The number of carbonyl (C=O) groups excluding carboxylic acids is 4. The third-order valence-electron chi connectivity index (χ3n) is 12.9. The van der Waals surface area contributed by atoms with Crippen LogP contribution in [0.3, 0.4) is 0 Å². The van der Waals surface area contributed by atoms with E-state index in [1.54, 1.807) is 39.3 Å². The van der Waals surface area contributed by atoms with Crippen molar-refractivity contribution in [2.75, 3.05) is 40.5 Å². The van der Waals surface area contributed by atoms with Crippen LogP contribution in [0.4, 0.5) is 0 Å². The van der Waals surface area contributed by atoms with Crippen molar-refractivity contribution < 1.29 is 43.6 Å². The van der Waals surface area contributed by atoms with E-state index in [1.807, 2.05) is 18.2 Å². The molecule has 1 aliphatic carbocycles. The van der Waals surface area contributed by atoms with Gasteiger partial charge in [0.25, 0.3) is 11.8 Å². The van der Waals surface area contributed by atoms with Gasteiger partial charge in [-0.05, 0) is 84.3 Å². The summed E-state index contributed by atoms with van der Waals surface area (Å²) in [6, 6.07) is 12.3. The van der Waals surface area contributed by atoms with Crippen molar-refractivity contribution in [2.24, 2.45) is 11.3 Å². The zero-order valence-corrected chi connectivity index (χ0v) is 35.9. The molecule has 15 heteroatoms. The number of likely N-dealkylation sites (N-methyl/N-ethyl adjacent to an activating group) is 1. The van der Waals surface area contributed by atoms with E-state index < -0.39 is 64.9 Å². The number of hydrazine groups is 1. The van der Waals surface area contributed by atoms with Crippen LogP contribution in [0.5, 0.6) is 5.75 Å². The summed E-state index contributed by atoms with van der Waals surface area (Å²) in [5.74, 6) is -2.99. The summed E-state index contributed by atoms with van der Waals surface area (Å²) in [7, 11) is 3.14. The SMILES string of the molecule is CCn1c2c3c4cc(ccc41)-c1cc(O)cc(c1)C[C@H](NC(=O)[C@H](C(C)C)N(C)C(=O)C1(O)COC1)C(=O)N1CCC[C@H](N1)C(=O)OCC(C)(C)C3[C@H](OC)c1ncccc1-2. The van der Waals surface area contributed by atoms with Crippen LogP contribution in [0.25, 0.3) is 33.3 Å². The van der Waals surface area contributed by atoms with Gasteiger partial charge in [0.15, 0.2) is 5.60 Å². The van der Waals surface area contributed by atoms with E-state index in [0.717, 1.165) is 39.0 Å². The number of pyridine rings is 1. The number of carbonyl (C=O) groups is 4. The van der Waals surface area contributed by atoms with Crippen LogP contribution in [0.1, 0.15) is 76.3 Å². The lowest BCUT2D eigenvalue weighted by Gasteiger charge is -2.42. The maximum Gasteiger partial charge on any atom is 0.324 e.